The first kappa shape index (κ1) is 33.9. The van der Waals surface area contributed by atoms with Crippen molar-refractivity contribution in [2.75, 3.05) is 46.1 Å². The lowest BCUT2D eigenvalue weighted by molar-refractivity contribution is -0.109. The van der Waals surface area contributed by atoms with E-state index in [1.54, 1.807) is 0 Å². The lowest BCUT2D eigenvalue weighted by atomic mass is 9.56. The number of hydrogen-bond donors (Lipinski definition) is 4. The smallest absolute Gasteiger partial charge is 0.0637 e. The van der Waals surface area contributed by atoms with E-state index in [9.17, 15) is 5.11 Å². The Labute approximate surface area is 234 Å². The van der Waals surface area contributed by atoms with Crippen LogP contribution in [0.15, 0.2) is 0 Å². The summed E-state index contributed by atoms with van der Waals surface area (Å²) in [7, 11) is 0. The van der Waals surface area contributed by atoms with Gasteiger partial charge in [-0.1, -0.05) is 34.1 Å². The van der Waals surface area contributed by atoms with Crippen molar-refractivity contribution in [3.8, 4) is 0 Å². The summed E-state index contributed by atoms with van der Waals surface area (Å²) in [5.74, 6) is 2.25. The van der Waals surface area contributed by atoms with Gasteiger partial charge >= 0.3 is 0 Å². The third-order valence-corrected chi connectivity index (χ3v) is 10.8. The van der Waals surface area contributed by atoms with Gasteiger partial charge < -0.3 is 36.5 Å². The van der Waals surface area contributed by atoms with Gasteiger partial charge in [-0.2, -0.15) is 0 Å². The van der Waals surface area contributed by atoms with Crippen molar-refractivity contribution < 1.29 is 19.3 Å². The fraction of sp³-hybridized carbons (Fsp3) is 1.00. The Bertz CT molecular complexity index is 638. The van der Waals surface area contributed by atoms with Crippen LogP contribution < -0.4 is 17.2 Å². The average Bonchev–Trinajstić information content (AvgIpc) is 3.19. The van der Waals surface area contributed by atoms with E-state index in [-0.39, 0.29) is 35.7 Å². The fourth-order valence-electron chi connectivity index (χ4n) is 7.83. The minimum absolute atomic E-state index is 0.129. The highest BCUT2D eigenvalue weighted by molar-refractivity contribution is 5.01. The summed E-state index contributed by atoms with van der Waals surface area (Å²) in [6.07, 6.45) is 11.7. The molecule has 0 amide bonds. The molecule has 2 aliphatic carbocycles. The zero-order chi connectivity index (χ0) is 28.2. The molecular formula is C31H63N3O4. The van der Waals surface area contributed by atoms with Gasteiger partial charge in [0.2, 0.25) is 0 Å². The molecule has 2 rings (SSSR count). The molecule has 0 aromatic rings. The van der Waals surface area contributed by atoms with E-state index in [4.69, 9.17) is 31.4 Å². The van der Waals surface area contributed by atoms with Crippen LogP contribution in [-0.4, -0.2) is 69.5 Å². The molecule has 7 nitrogen and oxygen atoms in total. The van der Waals surface area contributed by atoms with Crippen LogP contribution in [0.3, 0.4) is 0 Å². The van der Waals surface area contributed by atoms with E-state index >= 15 is 0 Å². The van der Waals surface area contributed by atoms with Crippen LogP contribution in [0, 0.1) is 34.5 Å². The Kier molecular flexibility index (Phi) is 15.0. The maximum atomic E-state index is 9.37. The normalized spacial score (nSPS) is 34.3. The Morgan fingerprint density at radius 1 is 0.895 bits per heavy atom. The number of aliphatic hydroxyl groups excluding tert-OH is 1. The first-order chi connectivity index (χ1) is 18.2. The molecule has 0 heterocycles. The van der Waals surface area contributed by atoms with E-state index in [1.165, 1.54) is 19.3 Å². The third-order valence-electron chi connectivity index (χ3n) is 10.8. The maximum Gasteiger partial charge on any atom is 0.0637 e. The summed E-state index contributed by atoms with van der Waals surface area (Å²) in [4.78, 5) is 0. The van der Waals surface area contributed by atoms with Gasteiger partial charge in [0, 0.05) is 26.2 Å². The molecule has 0 saturated heterocycles. The van der Waals surface area contributed by atoms with E-state index < -0.39 is 0 Å². The van der Waals surface area contributed by atoms with Gasteiger partial charge in [-0.15, -0.1) is 0 Å². The molecule has 38 heavy (non-hydrogen) atoms. The van der Waals surface area contributed by atoms with Crippen LogP contribution in [0.4, 0.5) is 0 Å². The van der Waals surface area contributed by atoms with Crippen molar-refractivity contribution >= 4 is 0 Å². The quantitative estimate of drug-likeness (QED) is 0.178. The summed E-state index contributed by atoms with van der Waals surface area (Å²) < 4.78 is 18.9. The number of nitrogens with two attached hydrogens (primary N) is 3. The molecule has 7 heteroatoms. The Morgan fingerprint density at radius 2 is 1.58 bits per heavy atom. The average molecular weight is 542 g/mol. The van der Waals surface area contributed by atoms with E-state index in [0.29, 0.717) is 63.1 Å². The van der Waals surface area contributed by atoms with Crippen molar-refractivity contribution in [1.29, 1.82) is 0 Å². The second-order valence-electron chi connectivity index (χ2n) is 13.0. The van der Waals surface area contributed by atoms with Crippen molar-refractivity contribution in [1.82, 2.24) is 0 Å². The van der Waals surface area contributed by atoms with Gasteiger partial charge in [0.05, 0.1) is 38.1 Å². The zero-order valence-corrected chi connectivity index (χ0v) is 25.5. The molecule has 2 fully saturated rings. The molecule has 0 bridgehead atoms. The van der Waals surface area contributed by atoms with E-state index in [1.807, 2.05) is 0 Å². The summed E-state index contributed by atoms with van der Waals surface area (Å²) >= 11 is 0. The molecule has 0 aliphatic heterocycles. The molecule has 7 N–H and O–H groups in total. The second kappa shape index (κ2) is 16.9. The van der Waals surface area contributed by atoms with Gasteiger partial charge in [-0.3, -0.25) is 0 Å². The number of ether oxygens (including phenoxy) is 3. The monoisotopic (exact) mass is 541 g/mol. The topological polar surface area (TPSA) is 126 Å². The molecule has 9 atom stereocenters. The molecule has 2 aliphatic rings. The van der Waals surface area contributed by atoms with Gasteiger partial charge in [0.1, 0.15) is 0 Å². The van der Waals surface area contributed by atoms with Crippen molar-refractivity contribution in [3.63, 3.8) is 0 Å². The van der Waals surface area contributed by atoms with Crippen molar-refractivity contribution in [2.45, 2.75) is 117 Å². The van der Waals surface area contributed by atoms with Crippen LogP contribution in [0.1, 0.15) is 98.8 Å². The summed E-state index contributed by atoms with van der Waals surface area (Å²) in [5, 5.41) is 9.37. The highest BCUT2D eigenvalue weighted by Crippen LogP contribution is 2.56. The highest BCUT2D eigenvalue weighted by atomic mass is 16.5. The SMILES string of the molecule is C[C@H](C[C@H](OCCN)C1(C)C(CCCCO)CC[C@H]1C)C1(C)CC[C@@H](OCCN)C[C@H]1C[C@H](C)OCCN. The standard InChI is InChI=1S/C31H63N3O4/c1-23-9-10-26(8-6-7-16-35)31(23,5)29(38-19-15-34)20-24(2)30(4)12-11-28(37-18-14-33)22-27(30)21-25(3)36-17-13-32/h23-29,35H,6-22,32-34H2,1-5H3/t23-,24-,25+,26?,27-,28-,29+,30?,31?/m1/s1. The molecule has 0 aromatic carbocycles. The predicted molar refractivity (Wildman–Crippen MR) is 157 cm³/mol. The summed E-state index contributed by atoms with van der Waals surface area (Å²) in [5.41, 5.74) is 17.7. The van der Waals surface area contributed by atoms with Gasteiger partial charge in [0.15, 0.2) is 0 Å². The lowest BCUT2D eigenvalue weighted by Crippen LogP contribution is -2.48. The lowest BCUT2D eigenvalue weighted by Gasteiger charge is -2.51. The van der Waals surface area contributed by atoms with Crippen LogP contribution in [-0.2, 0) is 14.2 Å². The minimum Gasteiger partial charge on any atom is -0.396 e. The van der Waals surface area contributed by atoms with Crippen LogP contribution in [0.25, 0.3) is 0 Å². The molecule has 0 spiro atoms. The van der Waals surface area contributed by atoms with Gasteiger partial charge in [-0.05, 0) is 99.2 Å². The maximum absolute atomic E-state index is 9.37. The van der Waals surface area contributed by atoms with Gasteiger partial charge in [0.25, 0.3) is 0 Å². The van der Waals surface area contributed by atoms with E-state index in [0.717, 1.165) is 44.9 Å². The second-order valence-corrected chi connectivity index (χ2v) is 13.0. The number of aliphatic hydroxyl groups is 1. The molecule has 0 aromatic heterocycles. The Morgan fingerprint density at radius 3 is 2.24 bits per heavy atom. The number of unbranched alkanes of at least 4 members (excludes halogenated alkanes) is 1. The first-order valence-electron chi connectivity index (χ1n) is 15.7. The number of rotatable bonds is 19. The molecule has 3 unspecified atom stereocenters. The largest absolute Gasteiger partial charge is 0.396 e. The summed E-state index contributed by atoms with van der Waals surface area (Å²) in [6, 6.07) is 0. The molecule has 226 valence electrons. The zero-order valence-electron chi connectivity index (χ0n) is 25.5. The van der Waals surface area contributed by atoms with Crippen LogP contribution >= 0.6 is 0 Å². The van der Waals surface area contributed by atoms with Gasteiger partial charge in [-0.25, -0.2) is 0 Å². The highest BCUT2D eigenvalue weighted by Gasteiger charge is 2.52. The fourth-order valence-corrected chi connectivity index (χ4v) is 7.83. The van der Waals surface area contributed by atoms with Crippen molar-refractivity contribution in [3.05, 3.63) is 0 Å². The molecular weight excluding hydrogens is 478 g/mol. The molecule has 2 saturated carbocycles. The predicted octanol–water partition coefficient (Wildman–Crippen LogP) is 4.48. The summed E-state index contributed by atoms with van der Waals surface area (Å²) in [6.45, 7) is 15.9. The third kappa shape index (κ3) is 8.86. The minimum atomic E-state index is 0.129. The number of hydrogen-bond acceptors (Lipinski definition) is 7. The Hall–Kier alpha value is -0.280. The van der Waals surface area contributed by atoms with Crippen LogP contribution in [0.2, 0.25) is 0 Å². The molecule has 0 radical (unpaired) electrons. The van der Waals surface area contributed by atoms with Crippen LogP contribution in [0.5, 0.6) is 0 Å². The Balaban J connectivity index is 2.25. The van der Waals surface area contributed by atoms with Crippen molar-refractivity contribution in [2.24, 2.45) is 51.7 Å². The van der Waals surface area contributed by atoms with E-state index in [2.05, 4.69) is 34.6 Å². The first-order valence-corrected chi connectivity index (χ1v) is 15.7.